The lowest BCUT2D eigenvalue weighted by Crippen LogP contribution is -2.13. The molecule has 0 aliphatic rings. The summed E-state index contributed by atoms with van der Waals surface area (Å²) in [6.45, 7) is 0. The van der Waals surface area contributed by atoms with Gasteiger partial charge >= 0.3 is 0 Å². The van der Waals surface area contributed by atoms with E-state index in [-0.39, 0.29) is 11.6 Å². The van der Waals surface area contributed by atoms with E-state index in [1.165, 1.54) is 0 Å². The Kier molecular flexibility index (Phi) is 3.79. The van der Waals surface area contributed by atoms with Crippen molar-refractivity contribution in [2.45, 2.75) is 0 Å². The van der Waals surface area contributed by atoms with Crippen molar-refractivity contribution < 1.29 is 9.32 Å². The second kappa shape index (κ2) is 5.88. The number of carbonyl (C=O) groups excluding carboxylic acids is 1. The fourth-order valence-electron chi connectivity index (χ4n) is 1.75. The summed E-state index contributed by atoms with van der Waals surface area (Å²) in [6.07, 6.45) is 1.60. The van der Waals surface area contributed by atoms with Crippen molar-refractivity contribution >= 4 is 27.7 Å². The first kappa shape index (κ1) is 13.5. The van der Waals surface area contributed by atoms with Crippen molar-refractivity contribution in [1.29, 1.82) is 0 Å². The van der Waals surface area contributed by atoms with E-state index in [2.05, 4.69) is 31.4 Å². The summed E-state index contributed by atoms with van der Waals surface area (Å²) in [7, 11) is 0. The quantitative estimate of drug-likeness (QED) is 0.786. The summed E-state index contributed by atoms with van der Waals surface area (Å²) in [4.78, 5) is 16.1. The van der Waals surface area contributed by atoms with Crippen LogP contribution in [-0.2, 0) is 0 Å². The zero-order chi connectivity index (χ0) is 14.7. The molecule has 1 amide bonds. The number of anilines is 1. The molecule has 0 radical (unpaired) electrons. The average Bonchev–Trinajstić information content (AvgIpc) is 3.00. The molecular weight excluding hydrogens is 334 g/mol. The normalized spacial score (nSPS) is 10.3. The van der Waals surface area contributed by atoms with Crippen LogP contribution in [0.15, 0.2) is 63.7 Å². The van der Waals surface area contributed by atoms with Gasteiger partial charge in [-0.2, -0.15) is 0 Å². The maximum absolute atomic E-state index is 12.1. The topological polar surface area (TPSA) is 68.0 Å². The predicted molar refractivity (Wildman–Crippen MR) is 81.8 cm³/mol. The van der Waals surface area contributed by atoms with E-state index in [9.17, 15) is 4.79 Å². The van der Waals surface area contributed by atoms with E-state index in [0.29, 0.717) is 11.6 Å². The Bertz CT molecular complexity index is 754. The van der Waals surface area contributed by atoms with Gasteiger partial charge < -0.3 is 9.84 Å². The number of amides is 1. The molecule has 0 bridgehead atoms. The molecule has 1 aromatic carbocycles. The van der Waals surface area contributed by atoms with Gasteiger partial charge in [0.2, 0.25) is 0 Å². The molecule has 0 spiro atoms. The monoisotopic (exact) mass is 343 g/mol. The van der Waals surface area contributed by atoms with Gasteiger partial charge in [-0.15, -0.1) is 0 Å². The first-order valence-electron chi connectivity index (χ1n) is 6.17. The number of hydrogen-bond donors (Lipinski definition) is 1. The van der Waals surface area contributed by atoms with Gasteiger partial charge in [-0.3, -0.25) is 4.79 Å². The van der Waals surface area contributed by atoms with Crippen LogP contribution in [0.1, 0.15) is 10.5 Å². The third kappa shape index (κ3) is 3.17. The van der Waals surface area contributed by atoms with Crippen molar-refractivity contribution in [3.63, 3.8) is 0 Å². The molecule has 0 saturated heterocycles. The van der Waals surface area contributed by atoms with Crippen molar-refractivity contribution in [2.24, 2.45) is 0 Å². The summed E-state index contributed by atoms with van der Waals surface area (Å²) < 4.78 is 6.03. The zero-order valence-electron chi connectivity index (χ0n) is 10.8. The molecule has 0 aliphatic carbocycles. The second-order valence-corrected chi connectivity index (χ2v) is 5.17. The number of hydrogen-bond acceptors (Lipinski definition) is 4. The van der Waals surface area contributed by atoms with E-state index < -0.39 is 0 Å². The van der Waals surface area contributed by atoms with Crippen LogP contribution in [0.5, 0.6) is 0 Å². The first-order chi connectivity index (χ1) is 10.2. The first-order valence-corrected chi connectivity index (χ1v) is 6.97. The van der Waals surface area contributed by atoms with Crippen molar-refractivity contribution in [3.8, 4) is 11.3 Å². The van der Waals surface area contributed by atoms with Gasteiger partial charge in [-0.25, -0.2) is 4.98 Å². The largest absolute Gasteiger partial charge is 0.355 e. The van der Waals surface area contributed by atoms with Crippen molar-refractivity contribution in [2.75, 3.05) is 5.32 Å². The van der Waals surface area contributed by atoms with Gasteiger partial charge in [0.1, 0.15) is 5.82 Å². The van der Waals surface area contributed by atoms with E-state index in [4.69, 9.17) is 4.52 Å². The molecule has 3 rings (SSSR count). The number of rotatable bonds is 3. The van der Waals surface area contributed by atoms with Gasteiger partial charge in [0, 0.05) is 22.3 Å². The maximum atomic E-state index is 12.1. The molecule has 0 unspecified atom stereocenters. The van der Waals surface area contributed by atoms with Crippen LogP contribution in [-0.4, -0.2) is 16.0 Å². The smallest absolute Gasteiger partial charge is 0.279 e. The maximum Gasteiger partial charge on any atom is 0.279 e. The van der Waals surface area contributed by atoms with Crippen LogP contribution in [0, 0.1) is 0 Å². The molecule has 104 valence electrons. The highest BCUT2D eigenvalue weighted by molar-refractivity contribution is 9.10. The minimum Gasteiger partial charge on any atom is -0.355 e. The molecule has 1 N–H and O–H groups in total. The molecule has 0 aliphatic heterocycles. The Morgan fingerprint density at radius 2 is 1.95 bits per heavy atom. The average molecular weight is 344 g/mol. The van der Waals surface area contributed by atoms with Gasteiger partial charge in [-0.05, 0) is 28.1 Å². The molecular formula is C15H10BrN3O2. The third-order valence-corrected chi connectivity index (χ3v) is 3.24. The highest BCUT2D eigenvalue weighted by atomic mass is 79.9. The summed E-state index contributed by atoms with van der Waals surface area (Å²) in [5.41, 5.74) is 1.07. The Morgan fingerprint density at radius 3 is 2.67 bits per heavy atom. The van der Waals surface area contributed by atoms with Crippen LogP contribution >= 0.6 is 15.9 Å². The number of benzene rings is 1. The number of nitrogens with zero attached hydrogens (tertiary/aromatic N) is 2. The van der Waals surface area contributed by atoms with Gasteiger partial charge in [-0.1, -0.05) is 35.5 Å². The molecule has 2 heterocycles. The predicted octanol–water partition coefficient (Wildman–Crippen LogP) is 3.75. The third-order valence-electron chi connectivity index (χ3n) is 2.77. The molecule has 0 fully saturated rings. The second-order valence-electron chi connectivity index (χ2n) is 4.26. The highest BCUT2D eigenvalue weighted by Gasteiger charge is 2.14. The van der Waals surface area contributed by atoms with Crippen molar-refractivity contribution in [3.05, 3.63) is 64.9 Å². The lowest BCUT2D eigenvalue weighted by atomic mass is 10.1. The molecule has 21 heavy (non-hydrogen) atoms. The van der Waals surface area contributed by atoms with Crippen LogP contribution in [0.4, 0.5) is 5.82 Å². The van der Waals surface area contributed by atoms with Crippen LogP contribution in [0.25, 0.3) is 11.3 Å². The lowest BCUT2D eigenvalue weighted by molar-refractivity contribution is 0.101. The summed E-state index contributed by atoms with van der Waals surface area (Å²) in [5, 5.41) is 6.44. The summed E-state index contributed by atoms with van der Waals surface area (Å²) in [5.74, 6) is 0.632. The van der Waals surface area contributed by atoms with Crippen molar-refractivity contribution in [1.82, 2.24) is 10.1 Å². The van der Waals surface area contributed by atoms with E-state index in [1.54, 1.807) is 24.4 Å². The standard InChI is InChI=1S/C15H10BrN3O2/c16-11-6-7-14(17-9-11)18-15(20)12-8-13(21-19-12)10-4-2-1-3-5-10/h1-9H,(H,17,18,20). The highest BCUT2D eigenvalue weighted by Crippen LogP contribution is 2.20. The molecule has 3 aromatic rings. The lowest BCUT2D eigenvalue weighted by Gasteiger charge is -2.00. The van der Waals surface area contributed by atoms with Crippen LogP contribution in [0.3, 0.4) is 0 Å². The number of nitrogens with one attached hydrogen (secondary N) is 1. The van der Waals surface area contributed by atoms with Crippen LogP contribution < -0.4 is 5.32 Å². The minimum atomic E-state index is -0.365. The Labute approximate surface area is 129 Å². The number of aromatic nitrogens is 2. The van der Waals surface area contributed by atoms with E-state index in [1.807, 2.05) is 30.3 Å². The molecule has 0 saturated carbocycles. The van der Waals surface area contributed by atoms with Gasteiger partial charge in [0.25, 0.3) is 5.91 Å². The molecule has 6 heteroatoms. The van der Waals surface area contributed by atoms with Gasteiger partial charge in [0.15, 0.2) is 11.5 Å². The molecule has 2 aromatic heterocycles. The molecule has 0 atom stereocenters. The summed E-state index contributed by atoms with van der Waals surface area (Å²) in [6, 6.07) is 14.6. The van der Waals surface area contributed by atoms with E-state index >= 15 is 0 Å². The zero-order valence-corrected chi connectivity index (χ0v) is 12.4. The fourth-order valence-corrected chi connectivity index (χ4v) is 1.99. The fraction of sp³-hybridized carbons (Fsp3) is 0. The van der Waals surface area contributed by atoms with E-state index in [0.717, 1.165) is 10.0 Å². The van der Waals surface area contributed by atoms with Crippen LogP contribution in [0.2, 0.25) is 0 Å². The Morgan fingerprint density at radius 1 is 1.14 bits per heavy atom. The number of pyridine rings is 1. The molecule has 5 nitrogen and oxygen atoms in total. The SMILES string of the molecule is O=C(Nc1ccc(Br)cn1)c1cc(-c2ccccc2)on1. The Balaban J connectivity index is 1.77. The summed E-state index contributed by atoms with van der Waals surface area (Å²) >= 11 is 3.28. The number of halogens is 1. The minimum absolute atomic E-state index is 0.207. The Hall–Kier alpha value is -2.47. The number of carbonyl (C=O) groups is 1. The van der Waals surface area contributed by atoms with Gasteiger partial charge in [0.05, 0.1) is 0 Å².